The van der Waals surface area contributed by atoms with Gasteiger partial charge in [-0.15, -0.1) is 0 Å². The summed E-state index contributed by atoms with van der Waals surface area (Å²) in [7, 11) is 0. The van der Waals surface area contributed by atoms with Gasteiger partial charge in [0.05, 0.1) is 16.5 Å². The monoisotopic (exact) mass is 382 g/mol. The molecule has 7 heteroatoms. The number of hydrogen-bond acceptors (Lipinski definition) is 2. The Bertz CT molecular complexity index is 909. The summed E-state index contributed by atoms with van der Waals surface area (Å²) in [5.41, 5.74) is 0.968. The fourth-order valence-electron chi connectivity index (χ4n) is 3.91. The van der Waals surface area contributed by atoms with Crippen molar-refractivity contribution in [2.45, 2.75) is 30.9 Å². The van der Waals surface area contributed by atoms with Crippen molar-refractivity contribution in [3.05, 3.63) is 58.1 Å². The molecule has 0 unspecified atom stereocenters. The minimum absolute atomic E-state index is 0.120. The highest BCUT2D eigenvalue weighted by Gasteiger charge is 2.61. The largest absolute Gasteiger partial charge is 0.481 e. The van der Waals surface area contributed by atoms with Crippen molar-refractivity contribution >= 4 is 17.6 Å². The highest BCUT2D eigenvalue weighted by atomic mass is 35.5. The van der Waals surface area contributed by atoms with Gasteiger partial charge in [0.15, 0.2) is 0 Å². The minimum Gasteiger partial charge on any atom is -0.481 e. The molecule has 1 N–H and O–H groups in total. The Morgan fingerprint density at radius 1 is 1.23 bits per heavy atom. The number of carboxylic acid groups (broad SMARTS) is 1. The lowest BCUT2D eigenvalue weighted by molar-refractivity contribution is -0.139. The van der Waals surface area contributed by atoms with E-state index in [-0.39, 0.29) is 22.1 Å². The van der Waals surface area contributed by atoms with Crippen molar-refractivity contribution in [2.75, 3.05) is 0 Å². The molecule has 0 aliphatic heterocycles. The van der Waals surface area contributed by atoms with E-state index in [0.29, 0.717) is 12.2 Å². The number of aliphatic carboxylic acids is 1. The van der Waals surface area contributed by atoms with Gasteiger partial charge < -0.3 is 9.84 Å². The van der Waals surface area contributed by atoms with Crippen LogP contribution < -0.4 is 4.74 Å². The van der Waals surface area contributed by atoms with Gasteiger partial charge in [-0.2, -0.15) is 13.2 Å². The summed E-state index contributed by atoms with van der Waals surface area (Å²) in [5, 5.41) is 9.12. The quantitative estimate of drug-likeness (QED) is 0.768. The molecule has 3 nitrogen and oxygen atoms in total. The van der Waals surface area contributed by atoms with Crippen molar-refractivity contribution in [3.8, 4) is 11.5 Å². The lowest BCUT2D eigenvalue weighted by Gasteiger charge is -2.13. The fraction of sp³-hybridized carbons (Fsp3) is 0.316. The van der Waals surface area contributed by atoms with Gasteiger partial charge in [-0.25, -0.2) is 0 Å². The molecule has 1 fully saturated rings. The Balaban J connectivity index is 1.57. The highest BCUT2D eigenvalue weighted by Crippen LogP contribution is 2.61. The molecule has 1 saturated carbocycles. The highest BCUT2D eigenvalue weighted by molar-refractivity contribution is 6.32. The van der Waals surface area contributed by atoms with Crippen LogP contribution in [0.2, 0.25) is 5.02 Å². The number of aryl methyl sites for hydroxylation is 1. The van der Waals surface area contributed by atoms with Crippen LogP contribution in [-0.4, -0.2) is 11.1 Å². The number of benzene rings is 2. The summed E-state index contributed by atoms with van der Waals surface area (Å²) in [4.78, 5) is 11.3. The molecule has 0 radical (unpaired) electrons. The van der Waals surface area contributed by atoms with Crippen LogP contribution in [0.1, 0.15) is 29.5 Å². The fourth-order valence-corrected chi connectivity index (χ4v) is 4.13. The number of alkyl halides is 3. The first kappa shape index (κ1) is 17.2. The summed E-state index contributed by atoms with van der Waals surface area (Å²) >= 11 is 5.92. The van der Waals surface area contributed by atoms with Crippen LogP contribution in [0.15, 0.2) is 36.4 Å². The molecule has 0 amide bonds. The van der Waals surface area contributed by atoms with Gasteiger partial charge in [-0.05, 0) is 60.7 Å². The van der Waals surface area contributed by atoms with E-state index < -0.39 is 17.7 Å². The predicted octanol–water partition coefficient (Wildman–Crippen LogP) is 5.44. The number of carboxylic acids is 1. The Morgan fingerprint density at radius 3 is 2.62 bits per heavy atom. The molecule has 1 spiro atoms. The van der Waals surface area contributed by atoms with Crippen LogP contribution in [0.5, 0.6) is 11.5 Å². The van der Waals surface area contributed by atoms with E-state index in [1.165, 1.54) is 6.07 Å². The van der Waals surface area contributed by atoms with Gasteiger partial charge >= 0.3 is 12.1 Å². The van der Waals surface area contributed by atoms with Crippen LogP contribution in [0, 0.1) is 5.92 Å². The summed E-state index contributed by atoms with van der Waals surface area (Å²) in [6.07, 6.45) is -2.25. The number of hydrogen-bond donors (Lipinski definition) is 1. The Kier molecular flexibility index (Phi) is 3.74. The third kappa shape index (κ3) is 2.72. The van der Waals surface area contributed by atoms with Crippen LogP contribution in [0.4, 0.5) is 13.2 Å². The molecule has 0 bridgehead atoms. The maximum absolute atomic E-state index is 12.7. The molecule has 2 aliphatic carbocycles. The van der Waals surface area contributed by atoms with Crippen molar-refractivity contribution in [1.29, 1.82) is 0 Å². The van der Waals surface area contributed by atoms with Crippen molar-refractivity contribution in [3.63, 3.8) is 0 Å². The average Bonchev–Trinajstić information content (AvgIpc) is 3.19. The van der Waals surface area contributed by atoms with E-state index in [4.69, 9.17) is 16.3 Å². The van der Waals surface area contributed by atoms with E-state index in [0.717, 1.165) is 36.1 Å². The second-order valence-electron chi connectivity index (χ2n) is 6.82. The smallest absolute Gasteiger partial charge is 0.416 e. The Morgan fingerprint density at radius 2 is 2.00 bits per heavy atom. The molecular formula is C19H14ClF3O3. The molecule has 0 heterocycles. The third-order valence-corrected chi connectivity index (χ3v) is 5.61. The topological polar surface area (TPSA) is 46.5 Å². The molecule has 2 aromatic rings. The zero-order valence-corrected chi connectivity index (χ0v) is 14.2. The summed E-state index contributed by atoms with van der Waals surface area (Å²) in [5.74, 6) is -0.494. The number of ether oxygens (including phenoxy) is 1. The molecule has 136 valence electrons. The number of rotatable bonds is 3. The average molecular weight is 383 g/mol. The van der Waals surface area contributed by atoms with E-state index in [1.807, 2.05) is 12.1 Å². The van der Waals surface area contributed by atoms with Crippen molar-refractivity contribution in [2.24, 2.45) is 5.92 Å². The molecular weight excluding hydrogens is 369 g/mol. The Labute approximate surface area is 152 Å². The molecule has 2 aliphatic rings. The van der Waals surface area contributed by atoms with E-state index in [1.54, 1.807) is 6.07 Å². The first-order valence-electron chi connectivity index (χ1n) is 8.11. The van der Waals surface area contributed by atoms with Gasteiger partial charge in [0, 0.05) is 5.41 Å². The van der Waals surface area contributed by atoms with Crippen LogP contribution in [0.25, 0.3) is 0 Å². The molecule has 2 aromatic carbocycles. The molecule has 0 aromatic heterocycles. The van der Waals surface area contributed by atoms with Crippen LogP contribution >= 0.6 is 11.6 Å². The normalized spacial score (nSPS) is 23.8. The zero-order valence-electron chi connectivity index (χ0n) is 13.4. The van der Waals surface area contributed by atoms with Crippen molar-refractivity contribution in [1.82, 2.24) is 0 Å². The summed E-state index contributed by atoms with van der Waals surface area (Å²) in [6.45, 7) is 0. The number of fused-ring (bicyclic) bond motifs is 2. The SMILES string of the molecule is O=C(O)[C@@H]1C[C@]12CCc1cc(Oc3ccc(C(F)(F)F)cc3Cl)ccc12. The minimum atomic E-state index is -4.46. The number of halogens is 4. The standard InChI is InChI=1S/C19H14ClF3O3/c20-15-8-11(19(21,22)23)1-4-16(15)26-12-2-3-13-10(7-12)5-6-18(13)9-14(18)17(24)25/h1-4,7-8,14H,5-6,9H2,(H,24,25)/t14-,18-/m0/s1. The van der Waals surface area contributed by atoms with Gasteiger partial charge in [-0.1, -0.05) is 17.7 Å². The molecule has 2 atom stereocenters. The summed E-state index contributed by atoms with van der Waals surface area (Å²) < 4.78 is 43.8. The second-order valence-corrected chi connectivity index (χ2v) is 7.22. The van der Waals surface area contributed by atoms with Crippen LogP contribution in [0.3, 0.4) is 0 Å². The molecule has 26 heavy (non-hydrogen) atoms. The van der Waals surface area contributed by atoms with Crippen molar-refractivity contribution < 1.29 is 27.8 Å². The molecule has 0 saturated heterocycles. The third-order valence-electron chi connectivity index (χ3n) is 5.31. The van der Waals surface area contributed by atoms with E-state index in [9.17, 15) is 23.1 Å². The second kappa shape index (κ2) is 5.64. The zero-order chi connectivity index (χ0) is 18.7. The van der Waals surface area contributed by atoms with Gasteiger partial charge in [0.1, 0.15) is 11.5 Å². The number of carbonyl (C=O) groups is 1. The van der Waals surface area contributed by atoms with Gasteiger partial charge in [0.25, 0.3) is 0 Å². The predicted molar refractivity (Wildman–Crippen MR) is 88.7 cm³/mol. The van der Waals surface area contributed by atoms with Crippen LogP contribution in [-0.2, 0) is 22.8 Å². The Hall–Kier alpha value is -2.21. The van der Waals surface area contributed by atoms with E-state index >= 15 is 0 Å². The van der Waals surface area contributed by atoms with Gasteiger partial charge in [-0.3, -0.25) is 4.79 Å². The first-order chi connectivity index (χ1) is 12.2. The summed E-state index contributed by atoms with van der Waals surface area (Å²) in [6, 6.07) is 8.33. The molecule has 4 rings (SSSR count). The van der Waals surface area contributed by atoms with E-state index in [2.05, 4.69) is 0 Å². The lowest BCUT2D eigenvalue weighted by Crippen LogP contribution is -2.11. The van der Waals surface area contributed by atoms with Gasteiger partial charge in [0.2, 0.25) is 0 Å². The first-order valence-corrected chi connectivity index (χ1v) is 8.49. The maximum Gasteiger partial charge on any atom is 0.416 e. The lowest BCUT2D eigenvalue weighted by atomic mass is 9.95. The maximum atomic E-state index is 12.7.